The van der Waals surface area contributed by atoms with Crippen molar-refractivity contribution in [3.63, 3.8) is 0 Å². The summed E-state index contributed by atoms with van der Waals surface area (Å²) in [5.41, 5.74) is -1.06. The number of fused-ring (bicyclic) bond motifs is 2. The Balaban J connectivity index is 0.000000166. The number of ketones is 1. The first-order valence-electron chi connectivity index (χ1n) is 20.9. The van der Waals surface area contributed by atoms with Gasteiger partial charge in [-0.3, -0.25) is 4.79 Å². The summed E-state index contributed by atoms with van der Waals surface area (Å²) in [4.78, 5) is 30.6. The summed E-state index contributed by atoms with van der Waals surface area (Å²) in [6.07, 6.45) is 1.88. The standard InChI is InChI=1S/2C18H15S.C10H16O4S.C6H10O5S/c2*1-4-10-16(11-5-1)19(17-12-6-2-7-13-17)18-14-8-3-9-15-18;1-9(2)7-3-4-10(9,8(11)5-7)6-15(12,13)14;1-5(2)6(7)11-3-4-12(8,9)10/h2*1-15H;7H,3-6H2,1-2H3,(H,12,13,14);1,3-4H2,2H3,(H,8,9,10)/q2*+1;;/p-2. The minimum Gasteiger partial charge on any atom is -0.748 e. The van der Waals surface area contributed by atoms with E-state index in [0.29, 0.717) is 12.8 Å². The zero-order valence-electron chi connectivity index (χ0n) is 36.7. The Kier molecular flexibility index (Phi) is 18.1. The topological polar surface area (TPSA) is 158 Å². The Morgan fingerprint density at radius 1 is 0.600 bits per heavy atom. The van der Waals surface area contributed by atoms with Crippen LogP contribution in [0.4, 0.5) is 0 Å². The van der Waals surface area contributed by atoms with Crippen LogP contribution < -0.4 is 0 Å². The highest BCUT2D eigenvalue weighted by Gasteiger charge is 2.64. The van der Waals surface area contributed by atoms with Crippen LogP contribution in [0.1, 0.15) is 40.0 Å². The van der Waals surface area contributed by atoms with Gasteiger partial charge in [-0.1, -0.05) is 130 Å². The van der Waals surface area contributed by atoms with E-state index in [-0.39, 0.29) is 44.5 Å². The molecule has 0 spiro atoms. The van der Waals surface area contributed by atoms with Crippen LogP contribution in [0.15, 0.2) is 224 Å². The third-order valence-electron chi connectivity index (χ3n) is 11.4. The van der Waals surface area contributed by atoms with Gasteiger partial charge in [-0.05, 0) is 104 Å². The van der Waals surface area contributed by atoms with Crippen LogP contribution in [-0.2, 0) is 56.4 Å². The predicted molar refractivity (Wildman–Crippen MR) is 256 cm³/mol. The van der Waals surface area contributed by atoms with E-state index in [2.05, 4.69) is 193 Å². The van der Waals surface area contributed by atoms with Gasteiger partial charge in [0.05, 0.1) is 53.5 Å². The lowest BCUT2D eigenvalue weighted by molar-refractivity contribution is -0.138. The number of esters is 1. The van der Waals surface area contributed by atoms with Gasteiger partial charge >= 0.3 is 5.97 Å². The molecule has 2 aliphatic rings. The van der Waals surface area contributed by atoms with Crippen molar-refractivity contribution < 1.29 is 40.3 Å². The molecule has 2 saturated carbocycles. The van der Waals surface area contributed by atoms with Gasteiger partial charge in [-0.25, -0.2) is 21.6 Å². The van der Waals surface area contributed by atoms with Crippen LogP contribution in [0.2, 0.25) is 0 Å². The number of rotatable bonds is 12. The Hall–Kier alpha value is -5.28. The highest BCUT2D eigenvalue weighted by Crippen LogP contribution is 2.64. The van der Waals surface area contributed by atoms with E-state index in [9.17, 15) is 35.5 Å². The van der Waals surface area contributed by atoms with E-state index < -0.39 is 49.7 Å². The quantitative estimate of drug-likeness (QED) is 0.0504. The molecule has 2 bridgehead atoms. The van der Waals surface area contributed by atoms with Gasteiger partial charge in [0.1, 0.15) is 12.4 Å². The fraction of sp³-hybridized carbons (Fsp3) is 0.231. The fourth-order valence-electron chi connectivity index (χ4n) is 7.93. The van der Waals surface area contributed by atoms with Crippen molar-refractivity contribution in [3.05, 3.63) is 194 Å². The van der Waals surface area contributed by atoms with Gasteiger partial charge in [0.15, 0.2) is 29.4 Å². The highest BCUT2D eigenvalue weighted by molar-refractivity contribution is 7.97. The molecule has 0 heterocycles. The second-order valence-corrected chi connectivity index (χ2v) is 23.0. The number of Topliss-reactive ketones (excluding diaryl/α,β-unsaturated/α-hetero) is 1. The first-order chi connectivity index (χ1) is 30.9. The fourth-order valence-corrected chi connectivity index (χ4v) is 13.7. The molecule has 0 aliphatic heterocycles. The molecule has 2 atom stereocenters. The van der Waals surface area contributed by atoms with E-state index >= 15 is 0 Å². The summed E-state index contributed by atoms with van der Waals surface area (Å²) >= 11 is 0. The molecule has 8 rings (SSSR count). The molecule has 0 amide bonds. The average Bonchev–Trinajstić information content (AvgIpc) is 3.63. The Morgan fingerprint density at radius 3 is 1.12 bits per heavy atom. The van der Waals surface area contributed by atoms with E-state index in [4.69, 9.17) is 0 Å². The summed E-state index contributed by atoms with van der Waals surface area (Å²) in [7, 11) is -8.66. The minimum absolute atomic E-state index is 0.0146. The van der Waals surface area contributed by atoms with Gasteiger partial charge in [0.25, 0.3) is 0 Å². The summed E-state index contributed by atoms with van der Waals surface area (Å²) < 4.78 is 67.1. The van der Waals surface area contributed by atoms with Gasteiger partial charge in [0.2, 0.25) is 0 Å². The smallest absolute Gasteiger partial charge is 0.333 e. The second kappa shape index (κ2) is 23.3. The summed E-state index contributed by atoms with van der Waals surface area (Å²) in [6, 6.07) is 64.3. The molecule has 9 nitrogen and oxygen atoms in total. The molecule has 2 unspecified atom stereocenters. The molecule has 6 aromatic rings. The molecular weight excluding hydrogens is 897 g/mol. The second-order valence-electron chi connectivity index (χ2n) is 16.0. The lowest BCUT2D eigenvalue weighted by atomic mass is 9.70. The van der Waals surface area contributed by atoms with Crippen molar-refractivity contribution in [1.29, 1.82) is 0 Å². The molecule has 0 saturated heterocycles. The highest BCUT2D eigenvalue weighted by atomic mass is 32.2. The number of carbonyl (C=O) groups is 2. The third-order valence-corrected chi connectivity index (χ3v) is 17.3. The molecule has 13 heteroatoms. The first kappa shape index (κ1) is 50.7. The van der Waals surface area contributed by atoms with Crippen LogP contribution >= 0.6 is 0 Å². The third kappa shape index (κ3) is 14.4. The van der Waals surface area contributed by atoms with Crippen molar-refractivity contribution in [1.82, 2.24) is 0 Å². The van der Waals surface area contributed by atoms with Crippen LogP contribution in [-0.4, -0.2) is 55.8 Å². The van der Waals surface area contributed by atoms with Crippen LogP contribution in [0.5, 0.6) is 0 Å². The number of carbonyl (C=O) groups excluding carboxylic acids is 2. The maximum Gasteiger partial charge on any atom is 0.333 e. The van der Waals surface area contributed by atoms with Gasteiger partial charge in [0, 0.05) is 17.4 Å². The minimum atomic E-state index is -4.33. The number of benzene rings is 6. The van der Waals surface area contributed by atoms with Crippen LogP contribution in [0, 0.1) is 16.7 Å². The Labute approximate surface area is 390 Å². The van der Waals surface area contributed by atoms with Crippen molar-refractivity contribution >= 4 is 53.8 Å². The van der Waals surface area contributed by atoms with Crippen molar-refractivity contribution in [2.45, 2.75) is 69.4 Å². The maximum absolute atomic E-state index is 11.8. The molecule has 2 fully saturated rings. The molecule has 340 valence electrons. The van der Waals surface area contributed by atoms with E-state index in [1.54, 1.807) is 0 Å². The number of hydrogen-bond acceptors (Lipinski definition) is 9. The zero-order valence-corrected chi connectivity index (χ0v) is 39.9. The Morgan fingerprint density at radius 2 is 0.908 bits per heavy atom. The molecule has 6 aromatic carbocycles. The average molecular weight is 951 g/mol. The predicted octanol–water partition coefficient (Wildman–Crippen LogP) is 10.1. The maximum atomic E-state index is 11.8. The monoisotopic (exact) mass is 950 g/mol. The molecule has 0 N–H and O–H groups in total. The van der Waals surface area contributed by atoms with E-state index in [1.165, 1.54) is 36.3 Å². The molecule has 0 radical (unpaired) electrons. The molecule has 0 aromatic heterocycles. The number of ether oxygens (including phenoxy) is 1. The normalized spacial score (nSPS) is 17.1. The molecule has 2 aliphatic carbocycles. The lowest BCUT2D eigenvalue weighted by Gasteiger charge is -2.37. The van der Waals surface area contributed by atoms with E-state index in [0.717, 1.165) is 6.42 Å². The summed E-state index contributed by atoms with van der Waals surface area (Å²) in [6.45, 7) is 8.11. The van der Waals surface area contributed by atoms with Gasteiger partial charge in [-0.15, -0.1) is 0 Å². The van der Waals surface area contributed by atoms with Gasteiger partial charge < -0.3 is 13.8 Å². The SMILES string of the molecule is C=C(C)C(=O)OCCS(=O)(=O)[O-].CC1(C)C2CCC1(CS(=O)(=O)[O-])C(=O)C2.c1ccc([S+](c2ccccc2)c2ccccc2)cc1.c1ccc([S+](c2ccccc2)c2ccccc2)cc1. The van der Waals surface area contributed by atoms with Crippen LogP contribution in [0.25, 0.3) is 0 Å². The lowest BCUT2D eigenvalue weighted by Crippen LogP contribution is -2.42. The van der Waals surface area contributed by atoms with Crippen molar-refractivity contribution in [3.8, 4) is 0 Å². The van der Waals surface area contributed by atoms with Crippen molar-refractivity contribution in [2.24, 2.45) is 16.7 Å². The molecular formula is C52H54O9S4. The van der Waals surface area contributed by atoms with Crippen molar-refractivity contribution in [2.75, 3.05) is 18.1 Å². The number of hydrogen-bond donors (Lipinski definition) is 0. The summed E-state index contributed by atoms with van der Waals surface area (Å²) in [5.74, 6) is -1.68. The largest absolute Gasteiger partial charge is 0.748 e. The zero-order chi connectivity index (χ0) is 47.1. The Bertz CT molecular complexity index is 2360. The van der Waals surface area contributed by atoms with Crippen LogP contribution in [0.3, 0.4) is 0 Å². The first-order valence-corrected chi connectivity index (χ1v) is 26.5. The summed E-state index contributed by atoms with van der Waals surface area (Å²) in [5, 5.41) is 0. The van der Waals surface area contributed by atoms with E-state index in [1.807, 2.05) is 13.8 Å². The van der Waals surface area contributed by atoms with Gasteiger partial charge in [-0.2, -0.15) is 0 Å². The molecule has 65 heavy (non-hydrogen) atoms.